The molecule has 0 saturated carbocycles. The van der Waals surface area contributed by atoms with Crippen LogP contribution in [0, 0.1) is 0 Å². The van der Waals surface area contributed by atoms with Gasteiger partial charge in [-0.25, -0.2) is 0 Å². The van der Waals surface area contributed by atoms with Gasteiger partial charge in [0.2, 0.25) is 0 Å². The third-order valence-electron chi connectivity index (χ3n) is 4.63. The second-order valence-electron chi connectivity index (χ2n) is 6.96. The van der Waals surface area contributed by atoms with Crippen LogP contribution in [0.25, 0.3) is 6.08 Å². The van der Waals surface area contributed by atoms with Gasteiger partial charge >= 0.3 is 0 Å². The number of benzene rings is 2. The average Bonchev–Trinajstić information content (AvgIpc) is 3.30. The topological polar surface area (TPSA) is 62.6 Å². The molecule has 0 unspecified atom stereocenters. The van der Waals surface area contributed by atoms with Crippen molar-refractivity contribution in [2.75, 3.05) is 6.54 Å². The zero-order valence-corrected chi connectivity index (χ0v) is 17.1. The fraction of sp³-hybridized carbons (Fsp3) is 0.200. The van der Waals surface area contributed by atoms with Gasteiger partial charge in [0.1, 0.15) is 11.5 Å². The molecule has 5 heteroatoms. The van der Waals surface area contributed by atoms with E-state index in [0.717, 1.165) is 18.4 Å². The molecule has 1 aromatic heterocycles. The summed E-state index contributed by atoms with van der Waals surface area (Å²) in [7, 11) is 0. The maximum Gasteiger partial charge on any atom is 0.270 e. The van der Waals surface area contributed by atoms with E-state index in [1.54, 1.807) is 47.4 Å². The normalized spacial score (nSPS) is 11.2. The van der Waals surface area contributed by atoms with Gasteiger partial charge in [0.15, 0.2) is 0 Å². The van der Waals surface area contributed by atoms with Crippen LogP contribution in [0.15, 0.2) is 89.2 Å². The first-order valence-electron chi connectivity index (χ1n) is 10.1. The third kappa shape index (κ3) is 5.95. The summed E-state index contributed by atoms with van der Waals surface area (Å²) in [5, 5.41) is 2.79. The van der Waals surface area contributed by atoms with Crippen molar-refractivity contribution in [3.05, 3.63) is 102 Å². The van der Waals surface area contributed by atoms with E-state index in [4.69, 9.17) is 4.42 Å². The van der Waals surface area contributed by atoms with Gasteiger partial charge in [-0.1, -0.05) is 61.9 Å². The molecular formula is C25H26N2O3. The molecule has 0 aliphatic heterocycles. The van der Waals surface area contributed by atoms with Crippen molar-refractivity contribution < 1.29 is 14.0 Å². The number of hydrogen-bond donors (Lipinski definition) is 1. The van der Waals surface area contributed by atoms with Crippen LogP contribution in [-0.2, 0) is 11.3 Å². The molecule has 0 spiro atoms. The number of carbonyl (C=O) groups excluding carboxylic acids is 2. The first-order chi connectivity index (χ1) is 14.7. The van der Waals surface area contributed by atoms with Crippen LogP contribution in [0.3, 0.4) is 0 Å². The Balaban J connectivity index is 1.87. The number of carbonyl (C=O) groups is 2. The maximum absolute atomic E-state index is 13.4. The molecule has 3 rings (SSSR count). The van der Waals surface area contributed by atoms with E-state index in [-0.39, 0.29) is 17.5 Å². The standard InChI is InChI=1S/C25H26N2O3/c1-2-3-16-27(19-20-11-6-4-7-12-20)25(29)23(18-22-15-10-17-30-22)26-24(28)21-13-8-5-9-14-21/h4-15,17-18H,2-3,16,19H2,1H3,(H,26,28). The van der Waals surface area contributed by atoms with Gasteiger partial charge in [-0.2, -0.15) is 0 Å². The van der Waals surface area contributed by atoms with Gasteiger partial charge in [-0.3, -0.25) is 9.59 Å². The highest BCUT2D eigenvalue weighted by atomic mass is 16.3. The Labute approximate surface area is 177 Å². The number of nitrogens with one attached hydrogen (secondary N) is 1. The quantitative estimate of drug-likeness (QED) is 0.519. The molecule has 0 aliphatic carbocycles. The van der Waals surface area contributed by atoms with Crippen LogP contribution >= 0.6 is 0 Å². The van der Waals surface area contributed by atoms with E-state index < -0.39 is 0 Å². The lowest BCUT2D eigenvalue weighted by molar-refractivity contribution is -0.128. The fourth-order valence-electron chi connectivity index (χ4n) is 3.03. The molecule has 5 nitrogen and oxygen atoms in total. The zero-order chi connectivity index (χ0) is 21.2. The van der Waals surface area contributed by atoms with Gasteiger partial charge in [0.05, 0.1) is 6.26 Å². The molecule has 0 saturated heterocycles. The summed E-state index contributed by atoms with van der Waals surface area (Å²) in [4.78, 5) is 27.9. The fourth-order valence-corrected chi connectivity index (χ4v) is 3.03. The minimum absolute atomic E-state index is 0.186. The van der Waals surface area contributed by atoms with Gasteiger partial charge in [0.25, 0.3) is 11.8 Å². The summed E-state index contributed by atoms with van der Waals surface area (Å²) >= 11 is 0. The predicted octanol–water partition coefficient (Wildman–Crippen LogP) is 4.88. The van der Waals surface area contributed by atoms with E-state index in [0.29, 0.717) is 24.4 Å². The largest absolute Gasteiger partial charge is 0.465 e. The maximum atomic E-state index is 13.4. The zero-order valence-electron chi connectivity index (χ0n) is 17.1. The first kappa shape index (κ1) is 21.1. The van der Waals surface area contributed by atoms with E-state index >= 15 is 0 Å². The molecule has 0 bridgehead atoms. The summed E-state index contributed by atoms with van der Waals surface area (Å²) in [6, 6.07) is 22.2. The molecule has 1 heterocycles. The molecule has 30 heavy (non-hydrogen) atoms. The summed E-state index contributed by atoms with van der Waals surface area (Å²) < 4.78 is 5.38. The van der Waals surface area contributed by atoms with Crippen molar-refractivity contribution in [3.63, 3.8) is 0 Å². The number of hydrogen-bond acceptors (Lipinski definition) is 3. The van der Waals surface area contributed by atoms with Crippen LogP contribution in [-0.4, -0.2) is 23.3 Å². The number of unbranched alkanes of at least 4 members (excludes halogenated alkanes) is 1. The first-order valence-corrected chi connectivity index (χ1v) is 10.1. The van der Waals surface area contributed by atoms with Crippen molar-refractivity contribution in [1.29, 1.82) is 0 Å². The lowest BCUT2D eigenvalue weighted by Gasteiger charge is -2.24. The summed E-state index contributed by atoms with van der Waals surface area (Å²) in [6.07, 6.45) is 4.95. The Morgan fingerprint density at radius 1 is 0.967 bits per heavy atom. The molecular weight excluding hydrogens is 376 g/mol. The van der Waals surface area contributed by atoms with Gasteiger partial charge < -0.3 is 14.6 Å². The molecule has 0 radical (unpaired) electrons. The second kappa shape index (κ2) is 10.8. The molecule has 2 aromatic carbocycles. The summed E-state index contributed by atoms with van der Waals surface area (Å²) in [5.74, 6) is -0.0771. The van der Waals surface area contributed by atoms with Gasteiger partial charge in [-0.05, 0) is 36.2 Å². The van der Waals surface area contributed by atoms with E-state index in [1.165, 1.54) is 6.26 Å². The number of rotatable bonds is 9. The van der Waals surface area contributed by atoms with Gasteiger partial charge in [0, 0.05) is 24.7 Å². The Morgan fingerprint density at radius 3 is 2.30 bits per heavy atom. The molecule has 3 aromatic rings. The molecule has 1 N–H and O–H groups in total. The SMILES string of the molecule is CCCCN(Cc1ccccc1)C(=O)C(=Cc1ccco1)NC(=O)c1ccccc1. The minimum Gasteiger partial charge on any atom is -0.465 e. The molecule has 0 aliphatic rings. The molecule has 0 fully saturated rings. The van der Waals surface area contributed by atoms with E-state index in [1.807, 2.05) is 36.4 Å². The Bertz CT molecular complexity index is 964. The number of furan rings is 1. The Morgan fingerprint density at radius 2 is 1.67 bits per heavy atom. The van der Waals surface area contributed by atoms with Crippen LogP contribution in [0.5, 0.6) is 0 Å². The molecule has 154 valence electrons. The monoisotopic (exact) mass is 402 g/mol. The van der Waals surface area contributed by atoms with Crippen LogP contribution in [0.2, 0.25) is 0 Å². The van der Waals surface area contributed by atoms with Crippen molar-refractivity contribution in [3.8, 4) is 0 Å². The number of nitrogens with zero attached hydrogens (tertiary/aromatic N) is 1. The lowest BCUT2D eigenvalue weighted by atomic mass is 10.1. The molecule has 2 amide bonds. The average molecular weight is 402 g/mol. The lowest BCUT2D eigenvalue weighted by Crippen LogP contribution is -2.38. The summed E-state index contributed by atoms with van der Waals surface area (Å²) in [5.41, 5.74) is 1.71. The summed E-state index contributed by atoms with van der Waals surface area (Å²) in [6.45, 7) is 3.15. The van der Waals surface area contributed by atoms with Crippen molar-refractivity contribution in [2.45, 2.75) is 26.3 Å². The van der Waals surface area contributed by atoms with Crippen LogP contribution in [0.4, 0.5) is 0 Å². The van der Waals surface area contributed by atoms with Crippen LogP contribution in [0.1, 0.15) is 41.4 Å². The van der Waals surface area contributed by atoms with Crippen molar-refractivity contribution in [2.24, 2.45) is 0 Å². The second-order valence-corrected chi connectivity index (χ2v) is 6.96. The smallest absolute Gasteiger partial charge is 0.270 e. The predicted molar refractivity (Wildman–Crippen MR) is 117 cm³/mol. The number of amides is 2. The van der Waals surface area contributed by atoms with Crippen molar-refractivity contribution in [1.82, 2.24) is 10.2 Å². The highest BCUT2D eigenvalue weighted by molar-refractivity contribution is 6.05. The van der Waals surface area contributed by atoms with E-state index in [9.17, 15) is 9.59 Å². The van der Waals surface area contributed by atoms with Gasteiger partial charge in [-0.15, -0.1) is 0 Å². The minimum atomic E-state index is -0.336. The highest BCUT2D eigenvalue weighted by Crippen LogP contribution is 2.14. The molecule has 0 atom stereocenters. The van der Waals surface area contributed by atoms with E-state index in [2.05, 4.69) is 12.2 Å². The Kier molecular flexibility index (Phi) is 7.61. The Hall–Kier alpha value is -3.60. The highest BCUT2D eigenvalue weighted by Gasteiger charge is 2.21. The third-order valence-corrected chi connectivity index (χ3v) is 4.63. The van der Waals surface area contributed by atoms with Crippen molar-refractivity contribution >= 4 is 17.9 Å². The van der Waals surface area contributed by atoms with Crippen LogP contribution < -0.4 is 5.32 Å².